The van der Waals surface area contributed by atoms with Crippen LogP contribution in [0.2, 0.25) is 0 Å². The highest BCUT2D eigenvalue weighted by Gasteiger charge is 2.56. The zero-order valence-electron chi connectivity index (χ0n) is 19.8. The van der Waals surface area contributed by atoms with Crippen LogP contribution >= 0.6 is 0 Å². The Morgan fingerprint density at radius 2 is 1.47 bits per heavy atom. The molecule has 3 aromatic rings. The van der Waals surface area contributed by atoms with Gasteiger partial charge in [0.2, 0.25) is 0 Å². The lowest BCUT2D eigenvalue weighted by Crippen LogP contribution is -2.44. The second kappa shape index (κ2) is 8.99. The van der Waals surface area contributed by atoms with Crippen LogP contribution in [-0.4, -0.2) is 17.9 Å². The molecule has 0 unspecified atom stereocenters. The molecule has 3 aromatic carbocycles. The first-order valence-corrected chi connectivity index (χ1v) is 12.5. The standard InChI is InChI=1S/C32H25N3O/c33-19-25(20-34)28(22-10-3-1-4-11-22)30-27-18-17-21-9-7-8-14-26(21)35(27)31(32(36)24-15-16-24)29(30)23-12-5-2-6-13-23/h1-14,17-18,24,27,29-31H,15-16H2/t27-,29-,30-,31+/m1/s1. The molecule has 4 atom stereocenters. The molecule has 1 saturated carbocycles. The van der Waals surface area contributed by atoms with E-state index in [-0.39, 0.29) is 41.2 Å². The number of anilines is 1. The quantitative estimate of drug-likeness (QED) is 0.422. The number of fused-ring (bicyclic) bond motifs is 3. The van der Waals surface area contributed by atoms with Crippen molar-refractivity contribution >= 4 is 23.1 Å². The van der Waals surface area contributed by atoms with Gasteiger partial charge < -0.3 is 4.90 Å². The van der Waals surface area contributed by atoms with Gasteiger partial charge in [0, 0.05) is 23.4 Å². The molecule has 0 amide bonds. The van der Waals surface area contributed by atoms with Crippen LogP contribution in [0.15, 0.2) is 96.6 Å². The number of para-hydroxylation sites is 1. The normalized spacial score (nSPS) is 23.7. The van der Waals surface area contributed by atoms with E-state index in [1.165, 1.54) is 0 Å². The third-order valence-electron chi connectivity index (χ3n) is 7.77. The van der Waals surface area contributed by atoms with E-state index in [0.29, 0.717) is 0 Å². The summed E-state index contributed by atoms with van der Waals surface area (Å²) < 4.78 is 0. The first kappa shape index (κ1) is 22.1. The minimum Gasteiger partial charge on any atom is -0.353 e. The fraction of sp³-hybridized carbons (Fsp3) is 0.219. The zero-order valence-corrected chi connectivity index (χ0v) is 19.8. The number of nitrogens with zero attached hydrogens (tertiary/aromatic N) is 3. The Bertz CT molecular complexity index is 1440. The number of allylic oxidation sites excluding steroid dienone is 1. The van der Waals surface area contributed by atoms with Crippen LogP contribution in [0.25, 0.3) is 11.6 Å². The number of hydrogen-bond donors (Lipinski definition) is 0. The molecule has 2 aliphatic heterocycles. The molecule has 2 heterocycles. The van der Waals surface area contributed by atoms with Gasteiger partial charge in [0.1, 0.15) is 17.7 Å². The monoisotopic (exact) mass is 467 g/mol. The van der Waals surface area contributed by atoms with Gasteiger partial charge in [-0.15, -0.1) is 0 Å². The Labute approximate surface area is 211 Å². The van der Waals surface area contributed by atoms with Crippen LogP contribution in [0, 0.1) is 34.5 Å². The molecular weight excluding hydrogens is 442 g/mol. The third-order valence-corrected chi connectivity index (χ3v) is 7.77. The number of carbonyl (C=O) groups is 1. The van der Waals surface area contributed by atoms with Crippen molar-refractivity contribution in [1.82, 2.24) is 0 Å². The maximum Gasteiger partial charge on any atom is 0.158 e. The highest BCUT2D eigenvalue weighted by Crippen LogP contribution is 2.55. The van der Waals surface area contributed by atoms with Gasteiger partial charge in [0.25, 0.3) is 0 Å². The predicted octanol–water partition coefficient (Wildman–Crippen LogP) is 6.15. The maximum atomic E-state index is 14.1. The number of ketones is 1. The summed E-state index contributed by atoms with van der Waals surface area (Å²) in [5.74, 6) is -0.105. The van der Waals surface area contributed by atoms with Crippen molar-refractivity contribution in [3.63, 3.8) is 0 Å². The van der Waals surface area contributed by atoms with E-state index in [2.05, 4.69) is 53.5 Å². The number of Topliss-reactive ketones (excluding diaryl/α,β-unsaturated/α-hetero) is 1. The van der Waals surface area contributed by atoms with E-state index in [1.54, 1.807) is 0 Å². The summed E-state index contributed by atoms with van der Waals surface area (Å²) in [6.45, 7) is 0. The number of carbonyl (C=O) groups excluding carboxylic acids is 1. The Morgan fingerprint density at radius 1 is 0.833 bits per heavy atom. The minimum absolute atomic E-state index is 0.0780. The third kappa shape index (κ3) is 3.55. The predicted molar refractivity (Wildman–Crippen MR) is 141 cm³/mol. The molecular formula is C32H25N3O. The molecule has 2 fully saturated rings. The molecule has 1 saturated heterocycles. The van der Waals surface area contributed by atoms with Gasteiger partial charge in [-0.3, -0.25) is 4.79 Å². The molecule has 36 heavy (non-hydrogen) atoms. The van der Waals surface area contributed by atoms with E-state index in [1.807, 2.05) is 60.7 Å². The Morgan fingerprint density at radius 3 is 2.14 bits per heavy atom. The van der Waals surface area contributed by atoms with Crippen molar-refractivity contribution in [3.05, 3.63) is 113 Å². The summed E-state index contributed by atoms with van der Waals surface area (Å²) in [5, 5.41) is 20.1. The molecule has 0 bridgehead atoms. The maximum absolute atomic E-state index is 14.1. The van der Waals surface area contributed by atoms with Crippen LogP contribution in [0.5, 0.6) is 0 Å². The van der Waals surface area contributed by atoms with Crippen LogP contribution in [0.4, 0.5) is 5.69 Å². The highest BCUT2D eigenvalue weighted by atomic mass is 16.1. The number of rotatable bonds is 5. The Kier molecular flexibility index (Phi) is 5.51. The molecule has 4 heteroatoms. The zero-order chi connectivity index (χ0) is 24.6. The highest BCUT2D eigenvalue weighted by molar-refractivity contribution is 5.96. The van der Waals surface area contributed by atoms with Crippen molar-refractivity contribution < 1.29 is 4.79 Å². The lowest BCUT2D eigenvalue weighted by molar-refractivity contribution is -0.121. The average Bonchev–Trinajstić information content (AvgIpc) is 3.73. The lowest BCUT2D eigenvalue weighted by atomic mass is 9.73. The molecule has 0 aromatic heterocycles. The van der Waals surface area contributed by atoms with Crippen molar-refractivity contribution in [2.45, 2.75) is 30.8 Å². The van der Waals surface area contributed by atoms with Crippen LogP contribution in [-0.2, 0) is 4.79 Å². The largest absolute Gasteiger partial charge is 0.353 e. The van der Waals surface area contributed by atoms with Gasteiger partial charge in [-0.25, -0.2) is 0 Å². The van der Waals surface area contributed by atoms with Crippen molar-refractivity contribution in [3.8, 4) is 12.1 Å². The molecule has 0 spiro atoms. The summed E-state index contributed by atoms with van der Waals surface area (Å²) in [4.78, 5) is 16.3. The summed E-state index contributed by atoms with van der Waals surface area (Å²) in [7, 11) is 0. The van der Waals surface area contributed by atoms with Crippen LogP contribution in [0.1, 0.15) is 35.4 Å². The van der Waals surface area contributed by atoms with Crippen LogP contribution in [0.3, 0.4) is 0 Å². The molecule has 3 aliphatic rings. The molecule has 6 rings (SSSR count). The molecule has 174 valence electrons. The number of benzene rings is 3. The summed E-state index contributed by atoms with van der Waals surface area (Å²) >= 11 is 0. The fourth-order valence-electron chi connectivity index (χ4n) is 6.13. The minimum atomic E-state index is -0.377. The van der Waals surface area contributed by atoms with Gasteiger partial charge >= 0.3 is 0 Å². The number of nitriles is 2. The molecule has 0 radical (unpaired) electrons. The van der Waals surface area contributed by atoms with E-state index in [4.69, 9.17) is 0 Å². The average molecular weight is 468 g/mol. The summed E-state index contributed by atoms with van der Waals surface area (Å²) in [5.41, 5.74) is 4.87. The smallest absolute Gasteiger partial charge is 0.158 e. The van der Waals surface area contributed by atoms with Gasteiger partial charge in [-0.05, 0) is 41.2 Å². The second-order valence-electron chi connectivity index (χ2n) is 9.78. The second-order valence-corrected chi connectivity index (χ2v) is 9.78. The molecule has 0 N–H and O–H groups in total. The Hall–Kier alpha value is -4.41. The topological polar surface area (TPSA) is 67.9 Å². The van der Waals surface area contributed by atoms with E-state index < -0.39 is 0 Å². The van der Waals surface area contributed by atoms with E-state index in [9.17, 15) is 15.3 Å². The summed E-state index contributed by atoms with van der Waals surface area (Å²) in [6.07, 6.45) is 6.15. The molecule has 4 nitrogen and oxygen atoms in total. The van der Waals surface area contributed by atoms with Crippen molar-refractivity contribution in [1.29, 1.82) is 10.5 Å². The lowest BCUT2D eigenvalue weighted by Gasteiger charge is -2.36. The van der Waals surface area contributed by atoms with Crippen molar-refractivity contribution in [2.24, 2.45) is 11.8 Å². The SMILES string of the molecule is N#CC(C#N)=C(c1ccccc1)[C@@H]1[C@@H](c2ccccc2)[C@@H](C(=O)C2CC2)N2c3ccccc3C=C[C@H]12. The molecule has 1 aliphatic carbocycles. The number of hydrogen-bond acceptors (Lipinski definition) is 4. The Balaban J connectivity index is 1.65. The van der Waals surface area contributed by atoms with E-state index >= 15 is 0 Å². The van der Waals surface area contributed by atoms with Crippen LogP contribution < -0.4 is 4.90 Å². The van der Waals surface area contributed by atoms with Gasteiger partial charge in [-0.1, -0.05) is 91.0 Å². The van der Waals surface area contributed by atoms with Gasteiger partial charge in [0.15, 0.2) is 5.78 Å². The van der Waals surface area contributed by atoms with E-state index in [0.717, 1.165) is 40.8 Å². The van der Waals surface area contributed by atoms with Gasteiger partial charge in [-0.2, -0.15) is 10.5 Å². The van der Waals surface area contributed by atoms with Gasteiger partial charge in [0.05, 0.1) is 12.1 Å². The summed E-state index contributed by atoms with van der Waals surface area (Å²) in [6, 6.07) is 31.9. The fourth-order valence-corrected chi connectivity index (χ4v) is 6.13. The first-order chi connectivity index (χ1) is 17.7. The first-order valence-electron chi connectivity index (χ1n) is 12.5. The van der Waals surface area contributed by atoms with Crippen molar-refractivity contribution in [2.75, 3.05) is 4.90 Å².